The Morgan fingerprint density at radius 3 is 2.81 bits per heavy atom. The number of piperidine rings is 1. The third-order valence-electron chi connectivity index (χ3n) is 3.12. The lowest BCUT2D eigenvalue weighted by atomic mass is 9.98. The minimum absolute atomic E-state index is 0.117. The number of rotatable bonds is 1. The SMILES string of the molecule is Cc1ccc(N2CCC(=O)C(C)C2)c(Cl)c1. The van der Waals surface area contributed by atoms with Crippen molar-refractivity contribution in [2.24, 2.45) is 5.92 Å². The van der Waals surface area contributed by atoms with E-state index in [0.29, 0.717) is 12.2 Å². The predicted octanol–water partition coefficient (Wildman–Crippen LogP) is 3.06. The van der Waals surface area contributed by atoms with Gasteiger partial charge in [-0.25, -0.2) is 0 Å². The van der Waals surface area contributed by atoms with E-state index in [1.807, 2.05) is 26.0 Å². The molecular weight excluding hydrogens is 222 g/mol. The minimum Gasteiger partial charge on any atom is -0.369 e. The van der Waals surface area contributed by atoms with Crippen LogP contribution in [0.4, 0.5) is 5.69 Å². The largest absolute Gasteiger partial charge is 0.369 e. The number of aryl methyl sites for hydroxylation is 1. The lowest BCUT2D eigenvalue weighted by Gasteiger charge is -2.32. The number of carbonyl (C=O) groups is 1. The number of benzene rings is 1. The average molecular weight is 238 g/mol. The molecule has 2 nitrogen and oxygen atoms in total. The molecule has 1 aliphatic rings. The molecule has 0 saturated carbocycles. The molecule has 0 aromatic heterocycles. The van der Waals surface area contributed by atoms with Crippen LogP contribution in [0.3, 0.4) is 0 Å². The molecule has 1 aromatic carbocycles. The van der Waals surface area contributed by atoms with Crippen LogP contribution < -0.4 is 4.90 Å². The fourth-order valence-corrected chi connectivity index (χ4v) is 2.46. The summed E-state index contributed by atoms with van der Waals surface area (Å²) in [4.78, 5) is 13.7. The summed E-state index contributed by atoms with van der Waals surface area (Å²) in [5, 5.41) is 0.779. The highest BCUT2D eigenvalue weighted by atomic mass is 35.5. The van der Waals surface area contributed by atoms with Gasteiger partial charge >= 0.3 is 0 Å². The first-order chi connectivity index (χ1) is 7.58. The van der Waals surface area contributed by atoms with Crippen LogP contribution in [0.25, 0.3) is 0 Å². The zero-order valence-corrected chi connectivity index (χ0v) is 10.4. The van der Waals surface area contributed by atoms with Gasteiger partial charge in [-0.05, 0) is 24.6 Å². The van der Waals surface area contributed by atoms with Crippen molar-refractivity contribution in [3.05, 3.63) is 28.8 Å². The van der Waals surface area contributed by atoms with E-state index in [0.717, 1.165) is 29.4 Å². The molecule has 1 aromatic rings. The number of anilines is 1. The summed E-state index contributed by atoms with van der Waals surface area (Å²) in [6, 6.07) is 6.07. The van der Waals surface area contributed by atoms with Crippen molar-refractivity contribution in [3.63, 3.8) is 0 Å². The molecule has 1 unspecified atom stereocenters. The van der Waals surface area contributed by atoms with Gasteiger partial charge in [-0.3, -0.25) is 4.79 Å². The molecule has 1 heterocycles. The topological polar surface area (TPSA) is 20.3 Å². The normalized spacial score (nSPS) is 21.3. The molecule has 0 bridgehead atoms. The third-order valence-corrected chi connectivity index (χ3v) is 3.42. The molecule has 2 rings (SSSR count). The molecule has 0 spiro atoms. The van der Waals surface area contributed by atoms with Crippen LogP contribution in [0.15, 0.2) is 18.2 Å². The van der Waals surface area contributed by atoms with Gasteiger partial charge in [-0.2, -0.15) is 0 Å². The van der Waals surface area contributed by atoms with Gasteiger partial charge in [-0.15, -0.1) is 0 Å². The average Bonchev–Trinajstić information content (AvgIpc) is 2.22. The fourth-order valence-electron chi connectivity index (χ4n) is 2.10. The second-order valence-corrected chi connectivity index (χ2v) is 4.93. The van der Waals surface area contributed by atoms with Crippen LogP contribution in [0.2, 0.25) is 5.02 Å². The number of hydrogen-bond acceptors (Lipinski definition) is 2. The van der Waals surface area contributed by atoms with Crippen molar-refractivity contribution in [1.29, 1.82) is 0 Å². The number of Topliss-reactive ketones (excluding diaryl/α,β-unsaturated/α-hetero) is 1. The van der Waals surface area contributed by atoms with Gasteiger partial charge < -0.3 is 4.90 Å². The van der Waals surface area contributed by atoms with E-state index >= 15 is 0 Å². The smallest absolute Gasteiger partial charge is 0.139 e. The summed E-state index contributed by atoms with van der Waals surface area (Å²) in [7, 11) is 0. The minimum atomic E-state index is 0.117. The van der Waals surface area contributed by atoms with Crippen LogP contribution in [0.1, 0.15) is 18.9 Å². The van der Waals surface area contributed by atoms with Crippen LogP contribution >= 0.6 is 11.6 Å². The number of hydrogen-bond donors (Lipinski definition) is 0. The first-order valence-corrected chi connectivity index (χ1v) is 5.99. The van der Waals surface area contributed by atoms with E-state index in [-0.39, 0.29) is 5.92 Å². The molecule has 3 heteroatoms. The molecule has 1 saturated heterocycles. The van der Waals surface area contributed by atoms with Crippen LogP contribution in [-0.2, 0) is 4.79 Å². The summed E-state index contributed by atoms with van der Waals surface area (Å²) in [6.45, 7) is 5.57. The van der Waals surface area contributed by atoms with Crippen molar-refractivity contribution in [2.45, 2.75) is 20.3 Å². The zero-order valence-electron chi connectivity index (χ0n) is 9.66. The van der Waals surface area contributed by atoms with E-state index in [9.17, 15) is 4.79 Å². The quantitative estimate of drug-likeness (QED) is 0.748. The summed E-state index contributed by atoms with van der Waals surface area (Å²) < 4.78 is 0. The molecule has 0 N–H and O–H groups in total. The molecule has 0 aliphatic carbocycles. The van der Waals surface area contributed by atoms with Crippen LogP contribution in [-0.4, -0.2) is 18.9 Å². The number of halogens is 1. The number of nitrogens with zero attached hydrogens (tertiary/aromatic N) is 1. The van der Waals surface area contributed by atoms with Gasteiger partial charge in [0.1, 0.15) is 5.78 Å². The van der Waals surface area contributed by atoms with Gasteiger partial charge in [0.2, 0.25) is 0 Å². The second kappa shape index (κ2) is 4.46. The molecule has 0 radical (unpaired) electrons. The Hall–Kier alpha value is -1.02. The molecule has 1 aliphatic heterocycles. The summed E-state index contributed by atoms with van der Waals surface area (Å²) in [6.07, 6.45) is 0.630. The lowest BCUT2D eigenvalue weighted by Crippen LogP contribution is -2.39. The Kier molecular flexibility index (Phi) is 3.20. The van der Waals surface area contributed by atoms with Gasteiger partial charge in [-0.1, -0.05) is 24.6 Å². The van der Waals surface area contributed by atoms with E-state index in [2.05, 4.69) is 11.0 Å². The van der Waals surface area contributed by atoms with Gasteiger partial charge in [0.15, 0.2) is 0 Å². The van der Waals surface area contributed by atoms with E-state index in [1.54, 1.807) is 0 Å². The molecule has 16 heavy (non-hydrogen) atoms. The van der Waals surface area contributed by atoms with E-state index < -0.39 is 0 Å². The summed E-state index contributed by atoms with van der Waals surface area (Å²) in [5.41, 5.74) is 2.21. The monoisotopic (exact) mass is 237 g/mol. The summed E-state index contributed by atoms with van der Waals surface area (Å²) >= 11 is 6.22. The number of ketones is 1. The van der Waals surface area contributed by atoms with Crippen molar-refractivity contribution in [2.75, 3.05) is 18.0 Å². The molecular formula is C13H16ClNO. The third kappa shape index (κ3) is 2.22. The zero-order chi connectivity index (χ0) is 11.7. The Labute approximate surface area is 101 Å². The van der Waals surface area contributed by atoms with Crippen molar-refractivity contribution >= 4 is 23.1 Å². The van der Waals surface area contributed by atoms with Crippen LogP contribution in [0, 0.1) is 12.8 Å². The first-order valence-electron chi connectivity index (χ1n) is 5.62. The fraction of sp³-hybridized carbons (Fsp3) is 0.462. The van der Waals surface area contributed by atoms with Gasteiger partial charge in [0, 0.05) is 25.4 Å². The van der Waals surface area contributed by atoms with Crippen molar-refractivity contribution in [3.8, 4) is 0 Å². The van der Waals surface area contributed by atoms with Crippen LogP contribution in [0.5, 0.6) is 0 Å². The Morgan fingerprint density at radius 2 is 2.19 bits per heavy atom. The molecule has 1 atom stereocenters. The molecule has 86 valence electrons. The lowest BCUT2D eigenvalue weighted by molar-refractivity contribution is -0.122. The predicted molar refractivity (Wildman–Crippen MR) is 67.2 cm³/mol. The highest BCUT2D eigenvalue weighted by molar-refractivity contribution is 6.33. The highest BCUT2D eigenvalue weighted by Crippen LogP contribution is 2.29. The maximum Gasteiger partial charge on any atom is 0.139 e. The first kappa shape index (κ1) is 11.5. The Balaban J connectivity index is 2.21. The number of carbonyl (C=O) groups excluding carboxylic acids is 1. The second-order valence-electron chi connectivity index (χ2n) is 4.52. The maximum atomic E-state index is 11.5. The van der Waals surface area contributed by atoms with Gasteiger partial charge in [0.05, 0.1) is 10.7 Å². The molecule has 1 fully saturated rings. The standard InChI is InChI=1S/C13H16ClNO/c1-9-3-4-12(11(14)7-9)15-6-5-13(16)10(2)8-15/h3-4,7,10H,5-6,8H2,1-2H3. The van der Waals surface area contributed by atoms with Crippen molar-refractivity contribution < 1.29 is 4.79 Å². The highest BCUT2D eigenvalue weighted by Gasteiger charge is 2.24. The van der Waals surface area contributed by atoms with E-state index in [1.165, 1.54) is 0 Å². The Bertz CT molecular complexity index is 416. The van der Waals surface area contributed by atoms with Gasteiger partial charge in [0.25, 0.3) is 0 Å². The maximum absolute atomic E-state index is 11.5. The Morgan fingerprint density at radius 1 is 1.44 bits per heavy atom. The molecule has 0 amide bonds. The summed E-state index contributed by atoms with van der Waals surface area (Å²) in [5.74, 6) is 0.477. The van der Waals surface area contributed by atoms with E-state index in [4.69, 9.17) is 11.6 Å². The van der Waals surface area contributed by atoms with Crippen molar-refractivity contribution in [1.82, 2.24) is 0 Å².